The van der Waals surface area contributed by atoms with Gasteiger partial charge in [0.15, 0.2) is 11.6 Å². The maximum Gasteiger partial charge on any atom is 0.178 e. The van der Waals surface area contributed by atoms with E-state index in [4.69, 9.17) is 9.97 Å². The van der Waals surface area contributed by atoms with Crippen LogP contribution < -0.4 is 9.80 Å². The van der Waals surface area contributed by atoms with E-state index in [9.17, 15) is 0 Å². The summed E-state index contributed by atoms with van der Waals surface area (Å²) in [6, 6.07) is 41.5. The van der Waals surface area contributed by atoms with Gasteiger partial charge in [-0.1, -0.05) is 103 Å². The second-order valence-electron chi connectivity index (χ2n) is 10.7. The van der Waals surface area contributed by atoms with Crippen LogP contribution in [0.4, 0.5) is 23.0 Å². The molecule has 8 rings (SSSR count). The lowest BCUT2D eigenvalue weighted by atomic mass is 9.79. The Labute approximate surface area is 240 Å². The maximum absolute atomic E-state index is 4.93. The minimum atomic E-state index is -0.0415. The number of nitrogens with zero attached hydrogens (tertiary/aromatic N) is 4. The summed E-state index contributed by atoms with van der Waals surface area (Å²) in [6.45, 7) is 4.46. The lowest BCUT2D eigenvalue weighted by molar-refractivity contribution is 0.753. The van der Waals surface area contributed by atoms with E-state index >= 15 is 0 Å². The molecule has 2 aliphatic rings. The van der Waals surface area contributed by atoms with Crippen molar-refractivity contribution in [2.45, 2.75) is 20.0 Å². The zero-order valence-electron chi connectivity index (χ0n) is 23.0. The molecule has 0 spiro atoms. The largest absolute Gasteiger partial charge is 0.302 e. The SMILES string of the molecule is Cc1ccc2c(c1N1c3nccnc3N(c3ccccc3)[C@@H]1C)-c1ccccc1-c1ccccc1-c1ccccc1-2. The molecular weight excluding hydrogens is 500 g/mol. The monoisotopic (exact) mass is 528 g/mol. The number of fused-ring (bicyclic) bond motifs is 9. The van der Waals surface area contributed by atoms with Gasteiger partial charge in [0.05, 0.1) is 5.69 Å². The predicted molar refractivity (Wildman–Crippen MR) is 169 cm³/mol. The Morgan fingerprint density at radius 1 is 0.488 bits per heavy atom. The second-order valence-corrected chi connectivity index (χ2v) is 10.7. The molecule has 41 heavy (non-hydrogen) atoms. The third kappa shape index (κ3) is 3.47. The van der Waals surface area contributed by atoms with Crippen molar-refractivity contribution in [1.82, 2.24) is 9.97 Å². The lowest BCUT2D eigenvalue weighted by Gasteiger charge is -2.33. The van der Waals surface area contributed by atoms with Gasteiger partial charge in [0.1, 0.15) is 6.17 Å². The van der Waals surface area contributed by atoms with E-state index < -0.39 is 0 Å². The Hall–Kier alpha value is -5.22. The van der Waals surface area contributed by atoms with Gasteiger partial charge in [0.25, 0.3) is 0 Å². The van der Waals surface area contributed by atoms with E-state index in [1.165, 1.54) is 50.1 Å². The standard InChI is InChI=1S/C37H28N4/c1-24-20-21-33-31-18-9-8-16-29(31)27-14-6-7-15-28(27)30-17-10-11-19-32(30)34(33)35(24)41-25(2)40(26-12-4-3-5-13-26)36-37(41)39-23-22-38-36/h3-23,25H,1-2H3/t25-/m0/s1. The molecule has 1 atom stereocenters. The molecule has 196 valence electrons. The third-order valence-electron chi connectivity index (χ3n) is 8.44. The molecule has 0 saturated carbocycles. The molecule has 0 N–H and O–H groups in total. The molecule has 0 fully saturated rings. The number of rotatable bonds is 2. The highest BCUT2D eigenvalue weighted by Crippen LogP contribution is 2.54. The van der Waals surface area contributed by atoms with E-state index in [1.807, 2.05) is 0 Å². The van der Waals surface area contributed by atoms with Gasteiger partial charge < -0.3 is 9.80 Å². The van der Waals surface area contributed by atoms with Crippen molar-refractivity contribution in [2.24, 2.45) is 0 Å². The van der Waals surface area contributed by atoms with E-state index in [0.717, 1.165) is 23.0 Å². The van der Waals surface area contributed by atoms with Crippen molar-refractivity contribution in [3.63, 3.8) is 0 Å². The Morgan fingerprint density at radius 2 is 0.951 bits per heavy atom. The topological polar surface area (TPSA) is 32.3 Å². The maximum atomic E-state index is 4.93. The summed E-state index contributed by atoms with van der Waals surface area (Å²) in [6.07, 6.45) is 3.55. The van der Waals surface area contributed by atoms with Gasteiger partial charge in [-0.2, -0.15) is 0 Å². The van der Waals surface area contributed by atoms with Gasteiger partial charge >= 0.3 is 0 Å². The normalized spacial score (nSPS) is 14.7. The van der Waals surface area contributed by atoms with Crippen LogP contribution in [0.3, 0.4) is 0 Å². The number of benzene rings is 5. The quantitative estimate of drug-likeness (QED) is 0.224. The minimum absolute atomic E-state index is 0.0415. The van der Waals surface area contributed by atoms with Gasteiger partial charge in [-0.15, -0.1) is 0 Å². The smallest absolute Gasteiger partial charge is 0.178 e. The summed E-state index contributed by atoms with van der Waals surface area (Å²) in [4.78, 5) is 14.5. The Bertz CT molecular complexity index is 1940. The van der Waals surface area contributed by atoms with E-state index in [-0.39, 0.29) is 6.17 Å². The first-order valence-corrected chi connectivity index (χ1v) is 14.1. The summed E-state index contributed by atoms with van der Waals surface area (Å²) >= 11 is 0. The lowest BCUT2D eigenvalue weighted by Crippen LogP contribution is -2.36. The van der Waals surface area contributed by atoms with E-state index in [0.29, 0.717) is 0 Å². The van der Waals surface area contributed by atoms with Crippen LogP contribution in [0.5, 0.6) is 0 Å². The molecule has 0 unspecified atom stereocenters. The molecular formula is C37H28N4. The van der Waals surface area contributed by atoms with Crippen LogP contribution in [-0.2, 0) is 0 Å². The average Bonchev–Trinajstić information content (AvgIpc) is 3.32. The van der Waals surface area contributed by atoms with Crippen molar-refractivity contribution in [2.75, 3.05) is 9.80 Å². The van der Waals surface area contributed by atoms with Crippen LogP contribution in [0.25, 0.3) is 44.5 Å². The average molecular weight is 529 g/mol. The fraction of sp³-hybridized carbons (Fsp3) is 0.0811. The van der Waals surface area contributed by atoms with Crippen LogP contribution in [-0.4, -0.2) is 16.1 Å². The van der Waals surface area contributed by atoms with Crippen LogP contribution >= 0.6 is 0 Å². The zero-order valence-corrected chi connectivity index (χ0v) is 23.0. The molecule has 0 bridgehead atoms. The summed E-state index contributed by atoms with van der Waals surface area (Å²) in [5.74, 6) is 1.74. The first-order chi connectivity index (χ1) is 20.2. The van der Waals surface area contributed by atoms with Crippen LogP contribution in [0.1, 0.15) is 12.5 Å². The highest BCUT2D eigenvalue weighted by Gasteiger charge is 2.40. The third-order valence-corrected chi connectivity index (χ3v) is 8.44. The number of para-hydroxylation sites is 1. The van der Waals surface area contributed by atoms with Crippen LogP contribution in [0.15, 0.2) is 128 Å². The molecule has 1 aliphatic carbocycles. The Kier molecular flexibility index (Phi) is 5.29. The summed E-state index contributed by atoms with van der Waals surface area (Å²) in [5, 5.41) is 0. The van der Waals surface area contributed by atoms with Crippen LogP contribution in [0.2, 0.25) is 0 Å². The minimum Gasteiger partial charge on any atom is -0.302 e. The number of aryl methyl sites for hydroxylation is 1. The molecule has 6 aromatic rings. The highest BCUT2D eigenvalue weighted by molar-refractivity contribution is 6.08. The molecule has 1 aromatic heterocycles. The fourth-order valence-electron chi connectivity index (χ4n) is 6.70. The molecule has 0 saturated heterocycles. The predicted octanol–water partition coefficient (Wildman–Crippen LogP) is 9.40. The first kappa shape index (κ1) is 23.6. The molecule has 1 aliphatic heterocycles. The number of anilines is 4. The van der Waals surface area contributed by atoms with E-state index in [1.54, 1.807) is 12.4 Å². The van der Waals surface area contributed by atoms with Gasteiger partial charge in [-0.25, -0.2) is 9.97 Å². The summed E-state index contributed by atoms with van der Waals surface area (Å²) < 4.78 is 0. The van der Waals surface area contributed by atoms with Crippen molar-refractivity contribution < 1.29 is 0 Å². The number of hydrogen-bond donors (Lipinski definition) is 0. The molecule has 0 amide bonds. The van der Waals surface area contributed by atoms with Crippen molar-refractivity contribution in [3.05, 3.63) is 133 Å². The van der Waals surface area contributed by atoms with Crippen molar-refractivity contribution in [1.29, 1.82) is 0 Å². The first-order valence-electron chi connectivity index (χ1n) is 14.1. The van der Waals surface area contributed by atoms with Gasteiger partial charge in [0.2, 0.25) is 0 Å². The van der Waals surface area contributed by atoms with E-state index in [2.05, 4.69) is 139 Å². The number of aromatic nitrogens is 2. The highest BCUT2D eigenvalue weighted by atomic mass is 15.5. The number of hydrogen-bond acceptors (Lipinski definition) is 4. The van der Waals surface area contributed by atoms with Gasteiger partial charge in [-0.05, 0) is 70.5 Å². The van der Waals surface area contributed by atoms with Gasteiger partial charge in [-0.3, -0.25) is 0 Å². The zero-order chi connectivity index (χ0) is 27.5. The Morgan fingerprint density at radius 3 is 1.54 bits per heavy atom. The second kappa shape index (κ2) is 9.17. The van der Waals surface area contributed by atoms with Crippen molar-refractivity contribution >= 4 is 23.0 Å². The molecule has 2 heterocycles. The van der Waals surface area contributed by atoms with Crippen molar-refractivity contribution in [3.8, 4) is 44.5 Å². The van der Waals surface area contributed by atoms with Crippen LogP contribution in [0, 0.1) is 6.92 Å². The fourth-order valence-corrected chi connectivity index (χ4v) is 6.70. The van der Waals surface area contributed by atoms with Gasteiger partial charge in [0, 0.05) is 23.6 Å². The Balaban J connectivity index is 1.47. The molecule has 4 heteroatoms. The molecule has 4 nitrogen and oxygen atoms in total. The summed E-state index contributed by atoms with van der Waals surface area (Å²) in [5.41, 5.74) is 13.3. The molecule has 0 radical (unpaired) electrons. The molecule has 5 aromatic carbocycles. The summed E-state index contributed by atoms with van der Waals surface area (Å²) in [7, 11) is 0.